The summed E-state index contributed by atoms with van der Waals surface area (Å²) in [5, 5.41) is 0. The zero-order valence-electron chi connectivity index (χ0n) is 9.26. The highest BCUT2D eigenvalue weighted by Crippen LogP contribution is 2.09. The van der Waals surface area contributed by atoms with Crippen LogP contribution in [-0.2, 0) is 11.2 Å². The molecule has 0 radical (unpaired) electrons. The van der Waals surface area contributed by atoms with Crippen molar-refractivity contribution >= 4 is 18.2 Å². The molecule has 0 atom stereocenters. The van der Waals surface area contributed by atoms with Crippen molar-refractivity contribution < 1.29 is 4.74 Å². The summed E-state index contributed by atoms with van der Waals surface area (Å²) >= 11 is 0. The molecular weight excluding hydrogens is 226 g/mol. The van der Waals surface area contributed by atoms with E-state index in [1.807, 2.05) is 12.1 Å². The van der Waals surface area contributed by atoms with Gasteiger partial charge in [0.15, 0.2) is 0 Å². The van der Waals surface area contributed by atoms with Crippen LogP contribution in [0.4, 0.5) is 5.82 Å². The lowest BCUT2D eigenvalue weighted by atomic mass is 10.2. The van der Waals surface area contributed by atoms with Gasteiger partial charge in [-0.1, -0.05) is 6.07 Å². The van der Waals surface area contributed by atoms with Crippen molar-refractivity contribution in [3.05, 3.63) is 23.9 Å². The average Bonchev–Trinajstić information content (AvgIpc) is 2.29. The summed E-state index contributed by atoms with van der Waals surface area (Å²) in [5.74, 6) is 0.658. The summed E-state index contributed by atoms with van der Waals surface area (Å²) in [5.41, 5.74) is 6.92. The summed E-state index contributed by atoms with van der Waals surface area (Å²) in [6, 6.07) is 3.98. The van der Waals surface area contributed by atoms with Gasteiger partial charge in [0.05, 0.1) is 13.2 Å². The van der Waals surface area contributed by atoms with Crippen molar-refractivity contribution in [3.63, 3.8) is 0 Å². The number of ether oxygens (including phenoxy) is 1. The average molecular weight is 244 g/mol. The van der Waals surface area contributed by atoms with E-state index in [-0.39, 0.29) is 12.4 Å². The van der Waals surface area contributed by atoms with E-state index in [0.717, 1.165) is 44.8 Å². The molecule has 1 aromatic heterocycles. The van der Waals surface area contributed by atoms with E-state index in [2.05, 4.69) is 9.88 Å². The maximum Gasteiger partial charge on any atom is 0.126 e. The van der Waals surface area contributed by atoms with Crippen LogP contribution in [0.25, 0.3) is 0 Å². The summed E-state index contributed by atoms with van der Waals surface area (Å²) in [7, 11) is 0. The Hall–Kier alpha value is -0.840. The molecule has 2 heterocycles. The third kappa shape index (κ3) is 3.63. The van der Waals surface area contributed by atoms with Gasteiger partial charge >= 0.3 is 0 Å². The Kier molecular flexibility index (Phi) is 5.52. The lowest BCUT2D eigenvalue weighted by Crippen LogP contribution is -2.37. The summed E-state index contributed by atoms with van der Waals surface area (Å²) in [4.78, 5) is 6.48. The number of aromatic nitrogens is 1. The Morgan fingerprint density at radius 3 is 2.81 bits per heavy atom. The largest absolute Gasteiger partial charge is 0.383 e. The summed E-state index contributed by atoms with van der Waals surface area (Å²) in [6.45, 7) is 4.80. The molecule has 1 aliphatic rings. The number of nitrogens with zero attached hydrogens (tertiary/aromatic N) is 2. The zero-order valence-corrected chi connectivity index (χ0v) is 10.1. The molecule has 0 saturated carbocycles. The number of rotatable bonds is 3. The number of halogens is 1. The van der Waals surface area contributed by atoms with E-state index < -0.39 is 0 Å². The third-order valence-corrected chi connectivity index (χ3v) is 2.73. The number of pyridine rings is 1. The Bertz CT molecular complexity index is 316. The molecule has 1 fully saturated rings. The van der Waals surface area contributed by atoms with Crippen molar-refractivity contribution in [1.29, 1.82) is 0 Å². The molecule has 0 amide bonds. The number of nitrogen functional groups attached to an aromatic ring is 1. The molecule has 90 valence electrons. The zero-order chi connectivity index (χ0) is 10.5. The van der Waals surface area contributed by atoms with Crippen LogP contribution >= 0.6 is 12.4 Å². The third-order valence-electron chi connectivity index (χ3n) is 2.73. The first-order chi connectivity index (χ1) is 7.36. The van der Waals surface area contributed by atoms with Crippen molar-refractivity contribution in [2.24, 2.45) is 0 Å². The second-order valence-electron chi connectivity index (χ2n) is 3.75. The van der Waals surface area contributed by atoms with Crippen LogP contribution in [0.2, 0.25) is 0 Å². The van der Waals surface area contributed by atoms with Crippen LogP contribution in [0, 0.1) is 0 Å². The van der Waals surface area contributed by atoms with Crippen molar-refractivity contribution in [2.75, 3.05) is 38.6 Å². The van der Waals surface area contributed by atoms with Gasteiger partial charge in [0.2, 0.25) is 0 Å². The van der Waals surface area contributed by atoms with Gasteiger partial charge in [-0.3, -0.25) is 4.90 Å². The SMILES string of the molecule is Cl.Nc1ncccc1CCN1CCOCC1. The molecule has 0 aliphatic carbocycles. The minimum absolute atomic E-state index is 0. The minimum atomic E-state index is 0. The van der Waals surface area contributed by atoms with E-state index in [1.165, 1.54) is 0 Å². The fraction of sp³-hybridized carbons (Fsp3) is 0.545. The maximum absolute atomic E-state index is 5.78. The molecule has 1 aliphatic heterocycles. The van der Waals surface area contributed by atoms with Gasteiger partial charge in [0, 0.05) is 25.8 Å². The first-order valence-electron chi connectivity index (χ1n) is 5.36. The van der Waals surface area contributed by atoms with Crippen LogP contribution in [0.15, 0.2) is 18.3 Å². The number of hydrogen-bond donors (Lipinski definition) is 1. The molecule has 4 nitrogen and oxygen atoms in total. The topological polar surface area (TPSA) is 51.4 Å². The standard InChI is InChI=1S/C11H17N3O.ClH/c12-11-10(2-1-4-13-11)3-5-14-6-8-15-9-7-14;/h1-2,4H,3,5-9H2,(H2,12,13);1H. The molecule has 1 aromatic rings. The quantitative estimate of drug-likeness (QED) is 0.859. The van der Waals surface area contributed by atoms with Crippen LogP contribution in [-0.4, -0.2) is 42.7 Å². The highest BCUT2D eigenvalue weighted by molar-refractivity contribution is 5.85. The second kappa shape index (κ2) is 6.68. The van der Waals surface area contributed by atoms with Gasteiger partial charge in [-0.25, -0.2) is 4.98 Å². The van der Waals surface area contributed by atoms with Gasteiger partial charge in [0.25, 0.3) is 0 Å². The number of hydrogen-bond acceptors (Lipinski definition) is 4. The monoisotopic (exact) mass is 243 g/mol. The molecule has 0 bridgehead atoms. The van der Waals surface area contributed by atoms with Gasteiger partial charge in [-0.2, -0.15) is 0 Å². The predicted octanol–water partition coefficient (Wildman–Crippen LogP) is 0.960. The van der Waals surface area contributed by atoms with Crippen LogP contribution in [0.3, 0.4) is 0 Å². The molecular formula is C11H18ClN3O. The van der Waals surface area contributed by atoms with Crippen molar-refractivity contribution in [3.8, 4) is 0 Å². The van der Waals surface area contributed by atoms with Crippen molar-refractivity contribution in [2.45, 2.75) is 6.42 Å². The molecule has 5 heteroatoms. The Labute approximate surface area is 102 Å². The van der Waals surface area contributed by atoms with Crippen LogP contribution in [0.1, 0.15) is 5.56 Å². The number of anilines is 1. The van der Waals surface area contributed by atoms with Crippen LogP contribution < -0.4 is 5.73 Å². The second-order valence-corrected chi connectivity index (χ2v) is 3.75. The minimum Gasteiger partial charge on any atom is -0.383 e. The highest BCUT2D eigenvalue weighted by atomic mass is 35.5. The summed E-state index contributed by atoms with van der Waals surface area (Å²) < 4.78 is 5.30. The van der Waals surface area contributed by atoms with Crippen molar-refractivity contribution in [1.82, 2.24) is 9.88 Å². The molecule has 0 spiro atoms. The highest BCUT2D eigenvalue weighted by Gasteiger charge is 2.10. The lowest BCUT2D eigenvalue weighted by Gasteiger charge is -2.26. The molecule has 2 N–H and O–H groups in total. The van der Waals surface area contributed by atoms with E-state index in [0.29, 0.717) is 5.82 Å². The normalized spacial score (nSPS) is 16.8. The molecule has 0 unspecified atom stereocenters. The Morgan fingerprint density at radius 2 is 2.12 bits per heavy atom. The van der Waals surface area contributed by atoms with E-state index in [4.69, 9.17) is 10.5 Å². The van der Waals surface area contributed by atoms with Gasteiger partial charge < -0.3 is 10.5 Å². The van der Waals surface area contributed by atoms with Crippen LogP contribution in [0.5, 0.6) is 0 Å². The first-order valence-corrected chi connectivity index (χ1v) is 5.36. The van der Waals surface area contributed by atoms with Gasteiger partial charge in [-0.05, 0) is 18.1 Å². The Morgan fingerprint density at radius 1 is 1.38 bits per heavy atom. The molecule has 1 saturated heterocycles. The first kappa shape index (κ1) is 13.2. The fourth-order valence-corrected chi connectivity index (χ4v) is 1.77. The van der Waals surface area contributed by atoms with E-state index >= 15 is 0 Å². The lowest BCUT2D eigenvalue weighted by molar-refractivity contribution is 0.0384. The number of nitrogens with two attached hydrogens (primary N) is 1. The van der Waals surface area contributed by atoms with E-state index in [9.17, 15) is 0 Å². The Balaban J connectivity index is 0.00000128. The summed E-state index contributed by atoms with van der Waals surface area (Å²) in [6.07, 6.45) is 2.70. The molecule has 0 aromatic carbocycles. The van der Waals surface area contributed by atoms with Gasteiger partial charge in [-0.15, -0.1) is 12.4 Å². The fourth-order valence-electron chi connectivity index (χ4n) is 1.77. The van der Waals surface area contributed by atoms with Gasteiger partial charge in [0.1, 0.15) is 5.82 Å². The molecule has 2 rings (SSSR count). The smallest absolute Gasteiger partial charge is 0.126 e. The molecule has 16 heavy (non-hydrogen) atoms. The maximum atomic E-state index is 5.78. The number of morpholine rings is 1. The van der Waals surface area contributed by atoms with E-state index in [1.54, 1.807) is 6.20 Å². The predicted molar refractivity (Wildman–Crippen MR) is 66.9 cm³/mol.